The first-order valence-corrected chi connectivity index (χ1v) is 7.74. The second kappa shape index (κ2) is 7.66. The van der Waals surface area contributed by atoms with Crippen LogP contribution in [0.15, 0.2) is 18.2 Å². The van der Waals surface area contributed by atoms with Gasteiger partial charge in [-0.25, -0.2) is 0 Å². The summed E-state index contributed by atoms with van der Waals surface area (Å²) in [6.45, 7) is 2.09. The van der Waals surface area contributed by atoms with Crippen LogP contribution < -0.4 is 9.47 Å². The molecule has 23 heavy (non-hydrogen) atoms. The summed E-state index contributed by atoms with van der Waals surface area (Å²) in [7, 11) is 6.77. The maximum Gasteiger partial charge on any atom is 0.226 e. The summed E-state index contributed by atoms with van der Waals surface area (Å²) in [5.41, 5.74) is 1.07. The SMILES string of the molecule is COc1cc(CN2C[C@@H](CO)[C@H](C(=O)N(C)C)C2)cc(OC)c1. The normalized spacial score (nSPS) is 21.3. The van der Waals surface area contributed by atoms with Gasteiger partial charge in [0.1, 0.15) is 11.5 Å². The van der Waals surface area contributed by atoms with Gasteiger partial charge in [0.05, 0.1) is 20.1 Å². The summed E-state index contributed by atoms with van der Waals surface area (Å²) < 4.78 is 10.6. The fourth-order valence-corrected chi connectivity index (χ4v) is 3.10. The molecule has 0 spiro atoms. The third-order valence-electron chi connectivity index (χ3n) is 4.33. The van der Waals surface area contributed by atoms with E-state index in [1.807, 2.05) is 18.2 Å². The van der Waals surface area contributed by atoms with Gasteiger partial charge in [-0.2, -0.15) is 0 Å². The molecule has 0 aliphatic carbocycles. The molecule has 1 aromatic carbocycles. The number of carbonyl (C=O) groups is 1. The van der Waals surface area contributed by atoms with Gasteiger partial charge in [-0.15, -0.1) is 0 Å². The molecule has 2 atom stereocenters. The summed E-state index contributed by atoms with van der Waals surface area (Å²) >= 11 is 0. The fourth-order valence-electron chi connectivity index (χ4n) is 3.10. The standard InChI is InChI=1S/C17H26N2O4/c1-18(2)17(21)16-10-19(9-13(16)11-20)8-12-5-14(22-3)7-15(6-12)23-4/h5-7,13,16,20H,8-11H2,1-4H3/t13-,16+/m0/s1. The smallest absolute Gasteiger partial charge is 0.226 e. The second-order valence-electron chi connectivity index (χ2n) is 6.20. The van der Waals surface area contributed by atoms with E-state index in [1.165, 1.54) is 0 Å². The van der Waals surface area contributed by atoms with Crippen molar-refractivity contribution in [3.05, 3.63) is 23.8 Å². The van der Waals surface area contributed by atoms with Crippen molar-refractivity contribution >= 4 is 5.91 Å². The van der Waals surface area contributed by atoms with E-state index in [0.29, 0.717) is 19.6 Å². The van der Waals surface area contributed by atoms with Crippen molar-refractivity contribution in [3.63, 3.8) is 0 Å². The maximum absolute atomic E-state index is 12.3. The molecule has 6 nitrogen and oxygen atoms in total. The monoisotopic (exact) mass is 322 g/mol. The molecule has 0 saturated carbocycles. The Morgan fingerprint density at radius 3 is 2.30 bits per heavy atom. The number of hydrogen-bond acceptors (Lipinski definition) is 5. The first kappa shape index (κ1) is 17.6. The van der Waals surface area contributed by atoms with E-state index in [0.717, 1.165) is 17.1 Å². The van der Waals surface area contributed by atoms with E-state index < -0.39 is 0 Å². The Balaban J connectivity index is 2.10. The highest BCUT2D eigenvalue weighted by Crippen LogP contribution is 2.28. The lowest BCUT2D eigenvalue weighted by atomic mass is 9.96. The highest BCUT2D eigenvalue weighted by Gasteiger charge is 2.37. The van der Waals surface area contributed by atoms with Crippen LogP contribution in [-0.2, 0) is 11.3 Å². The molecule has 1 fully saturated rings. The van der Waals surface area contributed by atoms with Crippen LogP contribution in [0.3, 0.4) is 0 Å². The predicted molar refractivity (Wildman–Crippen MR) is 87.6 cm³/mol. The van der Waals surface area contributed by atoms with Gasteiger partial charge >= 0.3 is 0 Å². The van der Waals surface area contributed by atoms with Crippen molar-refractivity contribution in [2.45, 2.75) is 6.54 Å². The van der Waals surface area contributed by atoms with Crippen LogP contribution in [0.25, 0.3) is 0 Å². The lowest BCUT2D eigenvalue weighted by Gasteiger charge is -2.20. The number of likely N-dealkylation sites (tertiary alicyclic amines) is 1. The number of amides is 1. The van der Waals surface area contributed by atoms with Crippen molar-refractivity contribution < 1.29 is 19.4 Å². The zero-order valence-electron chi connectivity index (χ0n) is 14.3. The number of carbonyl (C=O) groups excluding carboxylic acids is 1. The van der Waals surface area contributed by atoms with E-state index in [1.54, 1.807) is 33.2 Å². The molecule has 0 unspecified atom stereocenters. The minimum Gasteiger partial charge on any atom is -0.497 e. The summed E-state index contributed by atoms with van der Waals surface area (Å²) in [5.74, 6) is 1.41. The quantitative estimate of drug-likeness (QED) is 0.841. The molecule has 0 aromatic heterocycles. The number of ether oxygens (including phenoxy) is 2. The second-order valence-corrected chi connectivity index (χ2v) is 6.20. The van der Waals surface area contributed by atoms with Crippen molar-refractivity contribution in [1.82, 2.24) is 9.80 Å². The first-order valence-electron chi connectivity index (χ1n) is 7.74. The number of nitrogens with zero attached hydrogens (tertiary/aromatic N) is 2. The van der Waals surface area contributed by atoms with Gasteiger partial charge in [0.25, 0.3) is 0 Å². The van der Waals surface area contributed by atoms with Gasteiger partial charge in [-0.05, 0) is 17.7 Å². The first-order chi connectivity index (χ1) is 11.0. The van der Waals surface area contributed by atoms with Crippen molar-refractivity contribution in [3.8, 4) is 11.5 Å². The zero-order valence-corrected chi connectivity index (χ0v) is 14.3. The molecule has 1 N–H and O–H groups in total. The number of benzene rings is 1. The van der Waals surface area contributed by atoms with Gasteiger partial charge < -0.3 is 19.5 Å². The predicted octanol–water partition coefficient (Wildman–Crippen LogP) is 0.832. The summed E-state index contributed by atoms with van der Waals surface area (Å²) in [6.07, 6.45) is 0. The molecular weight excluding hydrogens is 296 g/mol. The zero-order chi connectivity index (χ0) is 17.0. The maximum atomic E-state index is 12.3. The minimum atomic E-state index is -0.150. The van der Waals surface area contributed by atoms with Crippen LogP contribution in [0.2, 0.25) is 0 Å². The molecule has 1 aromatic rings. The Bertz CT molecular complexity index is 525. The molecule has 1 aliphatic rings. The lowest BCUT2D eigenvalue weighted by Crippen LogP contribution is -2.35. The number of rotatable bonds is 6. The topological polar surface area (TPSA) is 62.2 Å². The van der Waals surface area contributed by atoms with Crippen molar-refractivity contribution in [1.29, 1.82) is 0 Å². The van der Waals surface area contributed by atoms with Gasteiger partial charge in [0.2, 0.25) is 5.91 Å². The Hall–Kier alpha value is -1.79. The fraction of sp³-hybridized carbons (Fsp3) is 0.588. The molecule has 1 amide bonds. The van der Waals surface area contributed by atoms with Crippen LogP contribution in [0.1, 0.15) is 5.56 Å². The number of methoxy groups -OCH3 is 2. The van der Waals surface area contributed by atoms with Crippen LogP contribution in [0.5, 0.6) is 11.5 Å². The summed E-state index contributed by atoms with van der Waals surface area (Å²) in [6, 6.07) is 5.78. The molecule has 6 heteroatoms. The van der Waals surface area contributed by atoms with Crippen LogP contribution in [0, 0.1) is 11.8 Å². The largest absolute Gasteiger partial charge is 0.497 e. The highest BCUT2D eigenvalue weighted by molar-refractivity contribution is 5.79. The molecule has 0 radical (unpaired) electrons. The van der Waals surface area contributed by atoms with Crippen molar-refractivity contribution in [2.24, 2.45) is 11.8 Å². The van der Waals surface area contributed by atoms with E-state index in [-0.39, 0.29) is 24.3 Å². The van der Waals surface area contributed by atoms with Gasteiger partial charge in [-0.1, -0.05) is 0 Å². The average Bonchev–Trinajstić information content (AvgIpc) is 2.96. The molecule has 1 saturated heterocycles. The van der Waals surface area contributed by atoms with Gasteiger partial charge in [0.15, 0.2) is 0 Å². The van der Waals surface area contributed by atoms with Crippen LogP contribution in [-0.4, -0.2) is 68.8 Å². The highest BCUT2D eigenvalue weighted by atomic mass is 16.5. The Morgan fingerprint density at radius 2 is 1.83 bits per heavy atom. The Kier molecular flexibility index (Phi) is 5.85. The number of aliphatic hydroxyl groups excluding tert-OH is 1. The third-order valence-corrected chi connectivity index (χ3v) is 4.33. The molecular formula is C17H26N2O4. The average molecular weight is 322 g/mol. The van der Waals surface area contributed by atoms with Crippen LogP contribution >= 0.6 is 0 Å². The number of aliphatic hydroxyl groups is 1. The van der Waals surface area contributed by atoms with Crippen molar-refractivity contribution in [2.75, 3.05) is 48.0 Å². The Labute approximate surface area is 137 Å². The minimum absolute atomic E-state index is 0.0163. The van der Waals surface area contributed by atoms with Crippen LogP contribution in [0.4, 0.5) is 0 Å². The summed E-state index contributed by atoms with van der Waals surface area (Å²) in [5, 5.41) is 9.58. The van der Waals surface area contributed by atoms with Gasteiger partial charge in [0, 0.05) is 52.3 Å². The third kappa shape index (κ3) is 4.14. The lowest BCUT2D eigenvalue weighted by molar-refractivity contribution is -0.134. The molecule has 0 bridgehead atoms. The molecule has 128 valence electrons. The molecule has 1 aliphatic heterocycles. The van der Waals surface area contributed by atoms with E-state index in [9.17, 15) is 9.90 Å². The van der Waals surface area contributed by atoms with E-state index in [2.05, 4.69) is 4.90 Å². The molecule has 2 rings (SSSR count). The van der Waals surface area contributed by atoms with E-state index >= 15 is 0 Å². The van der Waals surface area contributed by atoms with E-state index in [4.69, 9.17) is 9.47 Å². The van der Waals surface area contributed by atoms with Gasteiger partial charge in [-0.3, -0.25) is 9.69 Å². The molecule has 1 heterocycles. The summed E-state index contributed by atoms with van der Waals surface area (Å²) in [4.78, 5) is 16.1. The number of hydrogen-bond donors (Lipinski definition) is 1. The Morgan fingerprint density at radius 1 is 1.22 bits per heavy atom.